The molecule has 6 heteroatoms. The maximum Gasteiger partial charge on any atom is 0.243 e. The summed E-state index contributed by atoms with van der Waals surface area (Å²) in [6, 6.07) is 15.7. The van der Waals surface area contributed by atoms with Crippen molar-refractivity contribution in [2.45, 2.75) is 11.4 Å². The molecule has 0 aliphatic carbocycles. The van der Waals surface area contributed by atoms with Crippen molar-refractivity contribution in [1.29, 1.82) is 0 Å². The Hall–Kier alpha value is -2.17. The monoisotopic (exact) mass is 344 g/mol. The van der Waals surface area contributed by atoms with Crippen LogP contribution in [0.3, 0.4) is 0 Å². The summed E-state index contributed by atoms with van der Waals surface area (Å²) in [5.41, 5.74) is 6.79. The SMILES string of the molecule is NCC#Cc1cccc(S(=O)(=O)N(CCO)Cc2ccccc2)c1. The van der Waals surface area contributed by atoms with Crippen molar-refractivity contribution in [1.82, 2.24) is 4.31 Å². The van der Waals surface area contributed by atoms with Gasteiger partial charge >= 0.3 is 0 Å². The Balaban J connectivity index is 2.34. The van der Waals surface area contributed by atoms with Gasteiger partial charge in [0.1, 0.15) is 0 Å². The van der Waals surface area contributed by atoms with Crippen LogP contribution < -0.4 is 5.73 Å². The Morgan fingerprint density at radius 1 is 1.08 bits per heavy atom. The first-order valence-corrected chi connectivity index (χ1v) is 8.96. The zero-order chi connectivity index (χ0) is 17.4. The molecule has 0 aromatic heterocycles. The third-order valence-electron chi connectivity index (χ3n) is 3.36. The predicted octanol–water partition coefficient (Wildman–Crippen LogP) is 1.18. The highest BCUT2D eigenvalue weighted by Crippen LogP contribution is 2.19. The molecule has 2 aromatic rings. The Kier molecular flexibility index (Phi) is 6.53. The summed E-state index contributed by atoms with van der Waals surface area (Å²) in [6.45, 7) is 0.179. The average molecular weight is 344 g/mol. The smallest absolute Gasteiger partial charge is 0.243 e. The van der Waals surface area contributed by atoms with Crippen molar-refractivity contribution in [3.63, 3.8) is 0 Å². The van der Waals surface area contributed by atoms with E-state index in [1.165, 1.54) is 16.4 Å². The fourth-order valence-corrected chi connectivity index (χ4v) is 3.68. The number of hydrogen-bond acceptors (Lipinski definition) is 4. The van der Waals surface area contributed by atoms with Crippen LogP contribution in [0.25, 0.3) is 0 Å². The van der Waals surface area contributed by atoms with Crippen molar-refractivity contribution in [3.8, 4) is 11.8 Å². The summed E-state index contributed by atoms with van der Waals surface area (Å²) >= 11 is 0. The predicted molar refractivity (Wildman–Crippen MR) is 93.5 cm³/mol. The molecular weight excluding hydrogens is 324 g/mol. The molecule has 5 nitrogen and oxygen atoms in total. The van der Waals surface area contributed by atoms with Crippen LogP contribution in [0.5, 0.6) is 0 Å². The van der Waals surface area contributed by atoms with Crippen LogP contribution in [-0.4, -0.2) is 37.5 Å². The zero-order valence-electron chi connectivity index (χ0n) is 13.2. The van der Waals surface area contributed by atoms with Gasteiger partial charge in [-0.1, -0.05) is 48.2 Å². The van der Waals surface area contributed by atoms with Gasteiger partial charge in [-0.05, 0) is 23.8 Å². The topological polar surface area (TPSA) is 83.6 Å². The highest BCUT2D eigenvalue weighted by atomic mass is 32.2. The molecule has 0 spiro atoms. The summed E-state index contributed by atoms with van der Waals surface area (Å²) in [5.74, 6) is 5.54. The maximum atomic E-state index is 12.9. The average Bonchev–Trinajstić information content (AvgIpc) is 2.61. The van der Waals surface area contributed by atoms with E-state index >= 15 is 0 Å². The van der Waals surface area contributed by atoms with Crippen molar-refractivity contribution in [2.75, 3.05) is 19.7 Å². The van der Waals surface area contributed by atoms with Crippen LogP contribution in [-0.2, 0) is 16.6 Å². The van der Waals surface area contributed by atoms with Gasteiger partial charge in [0.2, 0.25) is 10.0 Å². The van der Waals surface area contributed by atoms with E-state index in [1.54, 1.807) is 12.1 Å². The van der Waals surface area contributed by atoms with Crippen LogP contribution in [0.1, 0.15) is 11.1 Å². The van der Waals surface area contributed by atoms with Gasteiger partial charge in [-0.25, -0.2) is 8.42 Å². The number of sulfonamides is 1. The van der Waals surface area contributed by atoms with E-state index in [4.69, 9.17) is 5.73 Å². The molecule has 0 bridgehead atoms. The Morgan fingerprint density at radius 2 is 1.83 bits per heavy atom. The summed E-state index contributed by atoms with van der Waals surface area (Å²) in [4.78, 5) is 0.149. The lowest BCUT2D eigenvalue weighted by Gasteiger charge is -2.21. The van der Waals surface area contributed by atoms with E-state index in [2.05, 4.69) is 11.8 Å². The van der Waals surface area contributed by atoms with Gasteiger partial charge in [0.25, 0.3) is 0 Å². The van der Waals surface area contributed by atoms with Gasteiger partial charge in [-0.15, -0.1) is 0 Å². The molecule has 0 aliphatic heterocycles. The second-order valence-electron chi connectivity index (χ2n) is 5.08. The number of aliphatic hydroxyl groups is 1. The lowest BCUT2D eigenvalue weighted by Crippen LogP contribution is -2.33. The lowest BCUT2D eigenvalue weighted by molar-refractivity contribution is 0.251. The molecule has 0 heterocycles. The minimum Gasteiger partial charge on any atom is -0.395 e. The molecule has 0 saturated heterocycles. The van der Waals surface area contributed by atoms with E-state index < -0.39 is 10.0 Å². The first-order valence-electron chi connectivity index (χ1n) is 7.52. The number of nitrogens with two attached hydrogens (primary N) is 1. The largest absolute Gasteiger partial charge is 0.395 e. The van der Waals surface area contributed by atoms with Crippen LogP contribution in [0.2, 0.25) is 0 Å². The van der Waals surface area contributed by atoms with Gasteiger partial charge < -0.3 is 10.8 Å². The Bertz CT molecular complexity index is 824. The minimum atomic E-state index is -3.73. The Morgan fingerprint density at radius 3 is 2.50 bits per heavy atom. The first kappa shape index (κ1) is 18.2. The minimum absolute atomic E-state index is 0.0237. The van der Waals surface area contributed by atoms with E-state index in [0.29, 0.717) is 5.56 Å². The quantitative estimate of drug-likeness (QED) is 0.771. The molecule has 0 aliphatic rings. The number of rotatable bonds is 6. The molecule has 0 saturated carbocycles. The fraction of sp³-hybridized carbons (Fsp3) is 0.222. The van der Waals surface area contributed by atoms with Gasteiger partial charge in [0.15, 0.2) is 0 Å². The van der Waals surface area contributed by atoms with E-state index in [9.17, 15) is 13.5 Å². The van der Waals surface area contributed by atoms with Gasteiger partial charge in [-0.3, -0.25) is 0 Å². The van der Waals surface area contributed by atoms with Crippen LogP contribution in [0, 0.1) is 11.8 Å². The molecule has 0 fully saturated rings. The number of benzene rings is 2. The van der Waals surface area contributed by atoms with Crippen molar-refractivity contribution in [2.24, 2.45) is 5.73 Å². The zero-order valence-corrected chi connectivity index (χ0v) is 14.0. The van der Waals surface area contributed by atoms with Crippen molar-refractivity contribution >= 4 is 10.0 Å². The molecule has 0 amide bonds. The highest BCUT2D eigenvalue weighted by Gasteiger charge is 2.24. The third-order valence-corrected chi connectivity index (χ3v) is 5.20. The van der Waals surface area contributed by atoms with Crippen LogP contribution >= 0.6 is 0 Å². The summed E-state index contributed by atoms with van der Waals surface area (Å²) in [6.07, 6.45) is 0. The second-order valence-corrected chi connectivity index (χ2v) is 7.02. The highest BCUT2D eigenvalue weighted by molar-refractivity contribution is 7.89. The van der Waals surface area contributed by atoms with E-state index in [0.717, 1.165) is 5.56 Å². The summed E-state index contributed by atoms with van der Waals surface area (Å²) in [5, 5.41) is 9.25. The third kappa shape index (κ3) is 4.66. The van der Waals surface area contributed by atoms with E-state index in [1.807, 2.05) is 30.3 Å². The van der Waals surface area contributed by atoms with Gasteiger partial charge in [0.05, 0.1) is 18.0 Å². The van der Waals surface area contributed by atoms with Crippen LogP contribution in [0.15, 0.2) is 59.5 Å². The molecule has 0 unspecified atom stereocenters. The molecule has 0 radical (unpaired) electrons. The molecule has 2 aromatic carbocycles. The maximum absolute atomic E-state index is 12.9. The lowest BCUT2D eigenvalue weighted by atomic mass is 10.2. The molecule has 3 N–H and O–H groups in total. The standard InChI is InChI=1S/C18H20N2O3S/c19-11-5-9-16-8-4-10-18(14-16)24(22,23)20(12-13-21)15-17-6-2-1-3-7-17/h1-4,6-8,10,14,21H,11-13,15,19H2. The van der Waals surface area contributed by atoms with Gasteiger partial charge in [0, 0.05) is 18.7 Å². The fourth-order valence-electron chi connectivity index (χ4n) is 2.22. The van der Waals surface area contributed by atoms with Gasteiger partial charge in [-0.2, -0.15) is 4.31 Å². The molecule has 0 atom stereocenters. The van der Waals surface area contributed by atoms with Crippen molar-refractivity contribution in [3.05, 3.63) is 65.7 Å². The van der Waals surface area contributed by atoms with E-state index in [-0.39, 0.29) is 31.1 Å². The molecule has 2 rings (SSSR count). The number of hydrogen-bond donors (Lipinski definition) is 2. The second kappa shape index (κ2) is 8.62. The normalized spacial score (nSPS) is 11.1. The van der Waals surface area contributed by atoms with Crippen LogP contribution in [0.4, 0.5) is 0 Å². The summed E-state index contributed by atoms with van der Waals surface area (Å²) in [7, 11) is -3.73. The number of nitrogens with zero attached hydrogens (tertiary/aromatic N) is 1. The molecule has 126 valence electrons. The molecular formula is C18H20N2O3S. The summed E-state index contributed by atoms with van der Waals surface area (Å²) < 4.78 is 27.1. The first-order chi connectivity index (χ1) is 11.6. The molecule has 24 heavy (non-hydrogen) atoms. The Labute approximate surface area is 142 Å². The van der Waals surface area contributed by atoms with Crippen molar-refractivity contribution < 1.29 is 13.5 Å². The number of aliphatic hydroxyl groups excluding tert-OH is 1.